The molecule has 0 bridgehead atoms. The van der Waals surface area contributed by atoms with Crippen molar-refractivity contribution in [1.29, 1.82) is 0 Å². The summed E-state index contributed by atoms with van der Waals surface area (Å²) in [5, 5.41) is 0. The molecule has 2 aromatic rings. The van der Waals surface area contributed by atoms with Crippen molar-refractivity contribution in [2.45, 2.75) is 13.3 Å². The van der Waals surface area contributed by atoms with Gasteiger partial charge < -0.3 is 0 Å². The molecule has 0 N–H and O–H groups in total. The maximum Gasteiger partial charge on any atom is 0.234 e. The molecular formula is C9H9N3O. The minimum absolute atomic E-state index is 0.0468. The van der Waals surface area contributed by atoms with E-state index in [0.29, 0.717) is 17.9 Å². The van der Waals surface area contributed by atoms with Crippen LogP contribution in [0.5, 0.6) is 0 Å². The Morgan fingerprint density at radius 3 is 3.15 bits per heavy atom. The first-order valence-electron chi connectivity index (χ1n) is 4.14. The smallest absolute Gasteiger partial charge is 0.234 e. The van der Waals surface area contributed by atoms with Crippen LogP contribution in [0.4, 0.5) is 0 Å². The van der Waals surface area contributed by atoms with Gasteiger partial charge in [-0.15, -0.1) is 0 Å². The molecule has 13 heavy (non-hydrogen) atoms. The molecule has 2 heterocycles. The molecule has 0 aliphatic carbocycles. The van der Waals surface area contributed by atoms with Crippen molar-refractivity contribution in [2.24, 2.45) is 0 Å². The van der Waals surface area contributed by atoms with Crippen LogP contribution < -0.4 is 0 Å². The zero-order valence-corrected chi connectivity index (χ0v) is 7.27. The number of nitrogens with zero attached hydrogens (tertiary/aromatic N) is 3. The van der Waals surface area contributed by atoms with Crippen LogP contribution in [-0.4, -0.2) is 20.2 Å². The highest BCUT2D eigenvalue weighted by Gasteiger charge is 2.07. The summed E-state index contributed by atoms with van der Waals surface area (Å²) in [6.45, 7) is 1.82. The van der Waals surface area contributed by atoms with E-state index in [1.54, 1.807) is 22.9 Å². The molecule has 0 spiro atoms. The summed E-state index contributed by atoms with van der Waals surface area (Å²) < 4.78 is 1.74. The second-order valence-corrected chi connectivity index (χ2v) is 2.73. The number of carbonyl (C=O) groups is 1. The van der Waals surface area contributed by atoms with Crippen LogP contribution in [0.15, 0.2) is 24.7 Å². The molecule has 2 rings (SSSR count). The maximum absolute atomic E-state index is 11.3. The average molecular weight is 175 g/mol. The Bertz CT molecular complexity index is 414. The fourth-order valence-electron chi connectivity index (χ4n) is 1.15. The molecule has 4 nitrogen and oxygen atoms in total. The number of hydrogen-bond donors (Lipinski definition) is 0. The van der Waals surface area contributed by atoms with E-state index in [4.69, 9.17) is 0 Å². The molecule has 0 aromatic carbocycles. The summed E-state index contributed by atoms with van der Waals surface area (Å²) >= 11 is 0. The first-order valence-corrected chi connectivity index (χ1v) is 4.14. The number of ketones is 1. The van der Waals surface area contributed by atoms with E-state index in [-0.39, 0.29) is 5.78 Å². The van der Waals surface area contributed by atoms with Gasteiger partial charge >= 0.3 is 0 Å². The Labute approximate surface area is 75.2 Å². The van der Waals surface area contributed by atoms with Crippen molar-refractivity contribution in [3.8, 4) is 0 Å². The molecule has 2 aromatic heterocycles. The van der Waals surface area contributed by atoms with Gasteiger partial charge in [0.1, 0.15) is 5.69 Å². The van der Waals surface area contributed by atoms with Crippen LogP contribution in [0.1, 0.15) is 23.8 Å². The van der Waals surface area contributed by atoms with Gasteiger partial charge in [-0.2, -0.15) is 0 Å². The average Bonchev–Trinajstić information content (AvgIpc) is 2.59. The van der Waals surface area contributed by atoms with Crippen molar-refractivity contribution < 1.29 is 4.79 Å². The lowest BCUT2D eigenvalue weighted by Gasteiger charge is -1.86. The molecule has 0 aliphatic heterocycles. The number of imidazole rings is 1. The minimum Gasteiger partial charge on any atom is -0.292 e. The molecule has 66 valence electrons. The van der Waals surface area contributed by atoms with E-state index in [1.165, 1.54) is 0 Å². The summed E-state index contributed by atoms with van der Waals surface area (Å²) in [6, 6.07) is 1.80. The highest BCUT2D eigenvalue weighted by molar-refractivity contribution is 5.94. The van der Waals surface area contributed by atoms with E-state index in [1.807, 2.05) is 13.1 Å². The molecule has 0 fully saturated rings. The highest BCUT2D eigenvalue weighted by Crippen LogP contribution is 2.03. The summed E-state index contributed by atoms with van der Waals surface area (Å²) in [6.07, 6.45) is 5.66. The number of hydrogen-bond acceptors (Lipinski definition) is 3. The molecule has 0 amide bonds. The normalized spacial score (nSPS) is 10.5. The van der Waals surface area contributed by atoms with Gasteiger partial charge in [0.15, 0.2) is 5.78 Å². The molecule has 0 saturated heterocycles. The first-order chi connectivity index (χ1) is 6.31. The molecule has 0 saturated carbocycles. The monoisotopic (exact) mass is 175 g/mol. The lowest BCUT2D eigenvalue weighted by molar-refractivity contribution is 0.0984. The van der Waals surface area contributed by atoms with Gasteiger partial charge in [-0.05, 0) is 6.07 Å². The number of Topliss-reactive ketones (excluding diaryl/α,β-unsaturated/α-hetero) is 1. The Morgan fingerprint density at radius 1 is 1.62 bits per heavy atom. The van der Waals surface area contributed by atoms with E-state index >= 15 is 0 Å². The Balaban J connectivity index is 2.56. The third-order valence-electron chi connectivity index (χ3n) is 1.84. The third kappa shape index (κ3) is 1.30. The van der Waals surface area contributed by atoms with Gasteiger partial charge in [-0.25, -0.2) is 9.97 Å². The van der Waals surface area contributed by atoms with E-state index < -0.39 is 0 Å². The van der Waals surface area contributed by atoms with Crippen LogP contribution in [0.3, 0.4) is 0 Å². The maximum atomic E-state index is 11.3. The molecule has 0 unspecified atom stereocenters. The van der Waals surface area contributed by atoms with Crippen LogP contribution in [0, 0.1) is 0 Å². The van der Waals surface area contributed by atoms with Crippen LogP contribution in [0.2, 0.25) is 0 Å². The predicted octanol–water partition coefficient (Wildman–Crippen LogP) is 1.32. The first kappa shape index (κ1) is 7.91. The zero-order chi connectivity index (χ0) is 9.26. The van der Waals surface area contributed by atoms with E-state index in [9.17, 15) is 4.79 Å². The highest BCUT2D eigenvalue weighted by atomic mass is 16.1. The lowest BCUT2D eigenvalue weighted by atomic mass is 10.2. The molecule has 0 atom stereocenters. The fraction of sp³-hybridized carbons (Fsp3) is 0.222. The van der Waals surface area contributed by atoms with Crippen molar-refractivity contribution in [3.05, 3.63) is 30.4 Å². The van der Waals surface area contributed by atoms with Gasteiger partial charge in [-0.1, -0.05) is 6.92 Å². The van der Waals surface area contributed by atoms with Crippen molar-refractivity contribution in [1.82, 2.24) is 14.4 Å². The van der Waals surface area contributed by atoms with Crippen LogP contribution in [0.25, 0.3) is 5.78 Å². The van der Waals surface area contributed by atoms with Crippen molar-refractivity contribution >= 4 is 11.6 Å². The summed E-state index contributed by atoms with van der Waals surface area (Å²) in [4.78, 5) is 19.4. The quantitative estimate of drug-likeness (QED) is 0.647. The van der Waals surface area contributed by atoms with Gasteiger partial charge in [0.05, 0.1) is 0 Å². The molecule has 0 aliphatic rings. The third-order valence-corrected chi connectivity index (χ3v) is 1.84. The van der Waals surface area contributed by atoms with Gasteiger partial charge in [0.25, 0.3) is 0 Å². The standard InChI is InChI=1S/C9H9N3O/c1-2-8(13)7-6-12-5-3-4-10-9(12)11-7/h3-6H,2H2,1H3. The van der Waals surface area contributed by atoms with Crippen molar-refractivity contribution in [2.75, 3.05) is 0 Å². The Morgan fingerprint density at radius 2 is 2.46 bits per heavy atom. The topological polar surface area (TPSA) is 47.3 Å². The molecule has 4 heteroatoms. The van der Waals surface area contributed by atoms with E-state index in [0.717, 1.165) is 0 Å². The van der Waals surface area contributed by atoms with Crippen LogP contribution >= 0.6 is 0 Å². The molecule has 0 radical (unpaired) electrons. The zero-order valence-electron chi connectivity index (χ0n) is 7.27. The largest absolute Gasteiger partial charge is 0.292 e. The van der Waals surface area contributed by atoms with Crippen molar-refractivity contribution in [3.63, 3.8) is 0 Å². The number of fused-ring (bicyclic) bond motifs is 1. The van der Waals surface area contributed by atoms with Gasteiger partial charge in [0, 0.05) is 25.0 Å². The SMILES string of the molecule is CCC(=O)c1cn2cccnc2n1. The van der Waals surface area contributed by atoms with Gasteiger partial charge in [0.2, 0.25) is 5.78 Å². The minimum atomic E-state index is 0.0468. The van der Waals surface area contributed by atoms with E-state index in [2.05, 4.69) is 9.97 Å². The number of carbonyl (C=O) groups excluding carboxylic acids is 1. The summed E-state index contributed by atoms with van der Waals surface area (Å²) in [5.74, 6) is 0.616. The second-order valence-electron chi connectivity index (χ2n) is 2.73. The van der Waals surface area contributed by atoms with Crippen LogP contribution in [-0.2, 0) is 0 Å². The molecular weight excluding hydrogens is 166 g/mol. The Hall–Kier alpha value is -1.71. The fourth-order valence-corrected chi connectivity index (χ4v) is 1.15. The lowest BCUT2D eigenvalue weighted by Crippen LogP contribution is -1.95. The second kappa shape index (κ2) is 2.97. The van der Waals surface area contributed by atoms with Gasteiger partial charge in [-0.3, -0.25) is 9.20 Å². The predicted molar refractivity (Wildman–Crippen MR) is 47.6 cm³/mol. The summed E-state index contributed by atoms with van der Waals surface area (Å²) in [7, 11) is 0. The number of rotatable bonds is 2. The number of aromatic nitrogens is 3. The Kier molecular flexibility index (Phi) is 1.81. The summed E-state index contributed by atoms with van der Waals surface area (Å²) in [5.41, 5.74) is 0.487.